The number of hydrogen-bond donors (Lipinski definition) is 0. The topological polar surface area (TPSA) is 65.7 Å². The quantitative estimate of drug-likeness (QED) is 0.716. The molecule has 5 nitrogen and oxygen atoms in total. The lowest BCUT2D eigenvalue weighted by molar-refractivity contribution is -0.114. The first-order chi connectivity index (χ1) is 12.5. The Hall–Kier alpha value is -2.81. The van der Waals surface area contributed by atoms with Gasteiger partial charge in [-0.2, -0.15) is 15.4 Å². The van der Waals surface area contributed by atoms with E-state index in [1.54, 1.807) is 43.3 Å². The van der Waals surface area contributed by atoms with E-state index in [2.05, 4.69) is 5.10 Å². The van der Waals surface area contributed by atoms with Crippen LogP contribution in [0.25, 0.3) is 6.08 Å². The summed E-state index contributed by atoms with van der Waals surface area (Å²) in [6.07, 6.45) is 1.70. The molecule has 0 radical (unpaired) electrons. The third-order valence-corrected chi connectivity index (χ3v) is 4.46. The number of rotatable bonds is 4. The molecule has 0 fully saturated rings. The minimum absolute atomic E-state index is 0.0728. The highest BCUT2D eigenvalue weighted by Gasteiger charge is 2.29. The molecule has 0 atom stereocenters. The number of halogens is 2. The second-order valence-electron chi connectivity index (χ2n) is 5.44. The molecule has 2 aromatic rings. The van der Waals surface area contributed by atoms with E-state index in [4.69, 9.17) is 33.2 Å². The number of benzene rings is 2. The molecular weight excluding hydrogens is 373 g/mol. The van der Waals surface area contributed by atoms with Gasteiger partial charge < -0.3 is 4.74 Å². The zero-order chi connectivity index (χ0) is 18.7. The van der Waals surface area contributed by atoms with Gasteiger partial charge >= 0.3 is 0 Å². The summed E-state index contributed by atoms with van der Waals surface area (Å²) in [5, 5.41) is 15.0. The number of hydrazone groups is 1. The molecule has 0 N–H and O–H groups in total. The summed E-state index contributed by atoms with van der Waals surface area (Å²) in [6.45, 7) is 1.68. The summed E-state index contributed by atoms with van der Waals surface area (Å²) in [7, 11) is 0. The van der Waals surface area contributed by atoms with E-state index in [9.17, 15) is 4.79 Å². The second-order valence-corrected chi connectivity index (χ2v) is 6.26. The first-order valence-corrected chi connectivity index (χ1v) is 8.42. The Balaban J connectivity index is 1.95. The number of ether oxygens (including phenoxy) is 1. The molecule has 7 heteroatoms. The molecule has 0 aliphatic carbocycles. The van der Waals surface area contributed by atoms with Crippen molar-refractivity contribution in [1.29, 1.82) is 5.26 Å². The van der Waals surface area contributed by atoms with E-state index in [0.29, 0.717) is 38.3 Å². The van der Waals surface area contributed by atoms with E-state index >= 15 is 0 Å². The monoisotopic (exact) mass is 385 g/mol. The lowest BCUT2D eigenvalue weighted by Gasteiger charge is -2.12. The lowest BCUT2D eigenvalue weighted by Crippen LogP contribution is -2.21. The van der Waals surface area contributed by atoms with Gasteiger partial charge in [-0.25, -0.2) is 0 Å². The van der Waals surface area contributed by atoms with Gasteiger partial charge in [0.25, 0.3) is 5.91 Å². The van der Waals surface area contributed by atoms with E-state index in [1.165, 1.54) is 5.01 Å². The van der Waals surface area contributed by atoms with Crippen LogP contribution >= 0.6 is 23.2 Å². The van der Waals surface area contributed by atoms with Gasteiger partial charge in [-0.3, -0.25) is 4.79 Å². The minimum atomic E-state index is -0.282. The van der Waals surface area contributed by atoms with Crippen LogP contribution in [-0.4, -0.2) is 18.2 Å². The highest BCUT2D eigenvalue weighted by Crippen LogP contribution is 2.31. The zero-order valence-electron chi connectivity index (χ0n) is 13.7. The molecule has 0 unspecified atom stereocenters. The first-order valence-electron chi connectivity index (χ1n) is 7.67. The van der Waals surface area contributed by atoms with Crippen molar-refractivity contribution in [2.45, 2.75) is 6.92 Å². The Morgan fingerprint density at radius 1 is 1.23 bits per heavy atom. The maximum Gasteiger partial charge on any atom is 0.280 e. The molecule has 26 heavy (non-hydrogen) atoms. The summed E-state index contributed by atoms with van der Waals surface area (Å²) < 4.78 is 5.40. The van der Waals surface area contributed by atoms with Crippen LogP contribution in [0.15, 0.2) is 53.1 Å². The summed E-state index contributed by atoms with van der Waals surface area (Å²) >= 11 is 12.0. The number of nitrogens with zero attached hydrogens (tertiary/aromatic N) is 3. The average Bonchev–Trinajstić information content (AvgIpc) is 2.91. The van der Waals surface area contributed by atoms with Crippen molar-refractivity contribution in [2.24, 2.45) is 5.10 Å². The zero-order valence-corrected chi connectivity index (χ0v) is 15.3. The number of anilines is 1. The van der Waals surface area contributed by atoms with Crippen LogP contribution in [0.3, 0.4) is 0 Å². The number of amides is 1. The predicted octanol–water partition coefficient (Wildman–Crippen LogP) is 4.70. The molecule has 130 valence electrons. The molecule has 0 aromatic heterocycles. The molecule has 1 amide bonds. The Morgan fingerprint density at radius 2 is 2.00 bits per heavy atom. The van der Waals surface area contributed by atoms with Crippen LogP contribution in [0.4, 0.5) is 5.69 Å². The fourth-order valence-corrected chi connectivity index (χ4v) is 2.77. The van der Waals surface area contributed by atoms with Gasteiger partial charge in [0.2, 0.25) is 0 Å². The fraction of sp³-hybridized carbons (Fsp3) is 0.105. The molecule has 1 aliphatic rings. The standard InChI is InChI=1S/C19H13Cl2N3O2/c1-12-15(10-13-4-2-3-5-18(13)26-9-8-22)19(25)24(23-12)14-6-7-16(20)17(21)11-14/h2-7,10-11H,9H2,1H3/b15-10+. The molecule has 0 spiro atoms. The molecule has 1 heterocycles. The van der Waals surface area contributed by atoms with Crippen molar-refractivity contribution in [3.05, 3.63) is 63.6 Å². The molecule has 1 aliphatic heterocycles. The van der Waals surface area contributed by atoms with Gasteiger partial charge in [-0.15, -0.1) is 0 Å². The average molecular weight is 386 g/mol. The van der Waals surface area contributed by atoms with Crippen molar-refractivity contribution in [2.75, 3.05) is 11.6 Å². The Kier molecular flexibility index (Phi) is 5.27. The third-order valence-electron chi connectivity index (χ3n) is 3.72. The molecule has 0 saturated carbocycles. The number of hydrogen-bond acceptors (Lipinski definition) is 4. The van der Waals surface area contributed by atoms with Gasteiger partial charge in [0, 0.05) is 5.56 Å². The Bertz CT molecular complexity index is 977. The first kappa shape index (κ1) is 18.0. The van der Waals surface area contributed by atoms with Gasteiger partial charge in [-0.1, -0.05) is 41.4 Å². The normalized spacial score (nSPS) is 15.2. The van der Waals surface area contributed by atoms with Gasteiger partial charge in [0.05, 0.1) is 27.0 Å². The highest BCUT2D eigenvalue weighted by atomic mass is 35.5. The van der Waals surface area contributed by atoms with Crippen LogP contribution in [0.1, 0.15) is 12.5 Å². The summed E-state index contributed by atoms with van der Waals surface area (Å²) in [5.41, 5.74) is 2.22. The third kappa shape index (κ3) is 3.57. The van der Waals surface area contributed by atoms with Crippen LogP contribution in [0.2, 0.25) is 10.0 Å². The lowest BCUT2D eigenvalue weighted by atomic mass is 10.1. The van der Waals surface area contributed by atoms with Gasteiger partial charge in [-0.05, 0) is 37.3 Å². The number of carbonyl (C=O) groups is 1. The van der Waals surface area contributed by atoms with Crippen LogP contribution in [-0.2, 0) is 4.79 Å². The van der Waals surface area contributed by atoms with E-state index in [-0.39, 0.29) is 12.5 Å². The molecule has 0 bridgehead atoms. The predicted molar refractivity (Wildman–Crippen MR) is 103 cm³/mol. The largest absolute Gasteiger partial charge is 0.478 e. The van der Waals surface area contributed by atoms with Crippen molar-refractivity contribution >= 4 is 46.6 Å². The smallest absolute Gasteiger partial charge is 0.280 e. The fourth-order valence-electron chi connectivity index (χ4n) is 2.47. The maximum absolute atomic E-state index is 12.8. The summed E-state index contributed by atoms with van der Waals surface area (Å²) in [4.78, 5) is 12.8. The number of para-hydroxylation sites is 1. The van der Waals surface area contributed by atoms with Gasteiger partial charge in [0.1, 0.15) is 11.8 Å². The van der Waals surface area contributed by atoms with E-state index in [0.717, 1.165) is 0 Å². The van der Waals surface area contributed by atoms with Crippen molar-refractivity contribution in [1.82, 2.24) is 0 Å². The summed E-state index contributed by atoms with van der Waals surface area (Å²) in [6, 6.07) is 14.0. The van der Waals surface area contributed by atoms with Crippen molar-refractivity contribution in [3.63, 3.8) is 0 Å². The minimum Gasteiger partial charge on any atom is -0.478 e. The maximum atomic E-state index is 12.8. The van der Waals surface area contributed by atoms with Gasteiger partial charge in [0.15, 0.2) is 6.61 Å². The number of nitriles is 1. The molecule has 3 rings (SSSR count). The Labute approximate surface area is 160 Å². The molecular formula is C19H13Cl2N3O2. The molecule has 2 aromatic carbocycles. The van der Waals surface area contributed by atoms with Crippen molar-refractivity contribution < 1.29 is 9.53 Å². The van der Waals surface area contributed by atoms with Crippen molar-refractivity contribution in [3.8, 4) is 11.8 Å². The SMILES string of the molecule is CC1=NN(c2ccc(Cl)c(Cl)c2)C(=O)/C1=C/c1ccccc1OCC#N. The molecule has 0 saturated heterocycles. The second kappa shape index (κ2) is 7.61. The number of carbonyl (C=O) groups excluding carboxylic acids is 1. The Morgan fingerprint density at radius 3 is 2.73 bits per heavy atom. The van der Waals surface area contributed by atoms with E-state index < -0.39 is 0 Å². The highest BCUT2D eigenvalue weighted by molar-refractivity contribution is 6.42. The van der Waals surface area contributed by atoms with Crippen LogP contribution in [0, 0.1) is 11.3 Å². The summed E-state index contributed by atoms with van der Waals surface area (Å²) in [5.74, 6) is 0.242. The van der Waals surface area contributed by atoms with E-state index in [1.807, 2.05) is 18.2 Å². The van der Waals surface area contributed by atoms with Crippen LogP contribution < -0.4 is 9.75 Å². The van der Waals surface area contributed by atoms with Crippen LogP contribution in [0.5, 0.6) is 5.75 Å².